The zero-order valence-electron chi connectivity index (χ0n) is 11.4. The zero-order valence-corrected chi connectivity index (χ0v) is 14.7. The summed E-state index contributed by atoms with van der Waals surface area (Å²) in [6.45, 7) is 0. The number of isothiocyanates is 1. The molecule has 0 amide bonds. The van der Waals surface area contributed by atoms with Gasteiger partial charge in [0.25, 0.3) is 14.4 Å². The van der Waals surface area contributed by atoms with Gasteiger partial charge in [-0.1, -0.05) is 13.8 Å². The van der Waals surface area contributed by atoms with Crippen LogP contribution in [0.4, 0.5) is 0 Å². The Bertz CT molecular complexity index is 898. The minimum atomic E-state index is -6.19. The molecule has 0 atom stereocenters. The lowest BCUT2D eigenvalue weighted by Gasteiger charge is -2.28. The van der Waals surface area contributed by atoms with Gasteiger partial charge in [-0.05, 0) is 17.2 Å². The third-order valence-electron chi connectivity index (χ3n) is 1.72. The highest BCUT2D eigenvalue weighted by atomic mass is 33.2. The fourth-order valence-electron chi connectivity index (χ4n) is 0.977. The Kier molecular flexibility index (Phi) is 8.52. The summed E-state index contributed by atoms with van der Waals surface area (Å²) >= 11 is 4.13. The monoisotopic (exact) mass is 450 g/mol. The van der Waals surface area contributed by atoms with Gasteiger partial charge in [-0.25, -0.2) is 25.1 Å². The largest absolute Gasteiger partial charge is 0.338 e. The molecule has 0 heterocycles. The highest BCUT2D eigenvalue weighted by Gasteiger charge is 2.57. The number of nitriles is 2. The van der Waals surface area contributed by atoms with Crippen molar-refractivity contribution in [1.29, 1.82) is 10.5 Å². The number of rotatable bonds is 8. The third kappa shape index (κ3) is 4.63. The van der Waals surface area contributed by atoms with E-state index < -0.39 is 43.4 Å². The van der Waals surface area contributed by atoms with Crippen molar-refractivity contribution in [2.45, 2.75) is 0 Å². The fourth-order valence-corrected chi connectivity index (χ4v) is 7.22. The second-order valence-corrected chi connectivity index (χ2v) is 10.1. The van der Waals surface area contributed by atoms with Crippen molar-refractivity contribution in [2.24, 2.45) is 8.80 Å². The van der Waals surface area contributed by atoms with Gasteiger partial charge < -0.3 is 0 Å². The molecular formula is C5H2N6O11S4. The summed E-state index contributed by atoms with van der Waals surface area (Å²) in [5.41, 5.74) is 0. The van der Waals surface area contributed by atoms with Gasteiger partial charge in [0.15, 0.2) is 10.8 Å². The van der Waals surface area contributed by atoms with Crippen LogP contribution in [0.2, 0.25) is 0 Å². The predicted octanol–water partition coefficient (Wildman–Crippen LogP) is -0.126. The van der Waals surface area contributed by atoms with Crippen molar-refractivity contribution in [2.75, 3.05) is 0 Å². The molecule has 0 saturated heterocycles. The first-order valence-corrected chi connectivity index (χ1v) is 9.91. The Morgan fingerprint density at radius 1 is 1.42 bits per heavy atom. The van der Waals surface area contributed by atoms with E-state index in [-0.39, 0.29) is 0 Å². The quantitative estimate of drug-likeness (QED) is 0.0562. The highest BCUT2D eigenvalue weighted by Crippen LogP contribution is 2.73. The average molecular weight is 450 g/mol. The first-order valence-electron chi connectivity index (χ1n) is 4.82. The van der Waals surface area contributed by atoms with Crippen molar-refractivity contribution >= 4 is 57.1 Å². The first-order chi connectivity index (χ1) is 12.1. The number of thiocyanates is 1. The van der Waals surface area contributed by atoms with E-state index in [0.717, 1.165) is 11.7 Å². The maximum atomic E-state index is 11.6. The lowest BCUT2D eigenvalue weighted by molar-refractivity contribution is -0.658. The molecule has 0 aliphatic heterocycles. The van der Waals surface area contributed by atoms with Crippen LogP contribution in [0.25, 0.3) is 0 Å². The molecule has 0 aromatic carbocycles. The Balaban J connectivity index is 7.48. The molecule has 0 aliphatic carbocycles. The van der Waals surface area contributed by atoms with Crippen LogP contribution in [0, 0.1) is 32.3 Å². The van der Waals surface area contributed by atoms with Crippen LogP contribution in [0.5, 0.6) is 0 Å². The summed E-state index contributed by atoms with van der Waals surface area (Å²) in [6, 6.07) is 0. The number of nitro groups is 1. The average Bonchev–Trinajstić information content (AvgIpc) is 2.54. The van der Waals surface area contributed by atoms with E-state index in [1.807, 2.05) is 0 Å². The van der Waals surface area contributed by atoms with Gasteiger partial charge in [-0.2, -0.15) is 18.5 Å². The van der Waals surface area contributed by atoms with Gasteiger partial charge in [-0.3, -0.25) is 4.55 Å². The molecule has 0 rings (SSSR count). The maximum absolute atomic E-state index is 11.6. The van der Waals surface area contributed by atoms with E-state index in [1.54, 1.807) is 0 Å². The number of carbonyl (C=O) groups excluding carboxylic acids is 1. The molecule has 0 bridgehead atoms. The number of nitrogens with zero attached hydrogens (tertiary/aromatic N) is 6. The third-order valence-corrected chi connectivity index (χ3v) is 9.10. The standard InChI is InChI=1S/C5H2N6O11S4/c6-1-19-22-11(21-15)20-5(25(16,17)18)26(8-3-12,9-4-23,10(13)14)24-2-7/h15H,(H,16,17,18). The SMILES string of the molecule is N#COON(OO)OC(S(=O)(=O)O)=S(N=C=O)(N=C=S)(SC#N)[N+](=O)[O-]. The number of thiocarbonyl (C=S) groups is 1. The molecule has 0 radical (unpaired) electrons. The maximum Gasteiger partial charge on any atom is 0.338 e. The van der Waals surface area contributed by atoms with Crippen LogP contribution in [0.3, 0.4) is 0 Å². The molecule has 21 heteroatoms. The molecule has 0 aromatic heterocycles. The van der Waals surface area contributed by atoms with Crippen molar-refractivity contribution in [3.05, 3.63) is 10.1 Å². The van der Waals surface area contributed by atoms with E-state index >= 15 is 0 Å². The Labute approximate surface area is 150 Å². The summed E-state index contributed by atoms with van der Waals surface area (Å²) in [6.07, 6.45) is 1.41. The molecule has 0 saturated carbocycles. The smallest absolute Gasteiger partial charge is 0.280 e. The summed E-state index contributed by atoms with van der Waals surface area (Å²) in [5.74, 6) is 0. The summed E-state index contributed by atoms with van der Waals surface area (Å²) < 4.78 is 33.9. The molecule has 2 N–H and O–H groups in total. The van der Waals surface area contributed by atoms with Gasteiger partial charge in [0.05, 0.1) is 5.16 Å². The van der Waals surface area contributed by atoms with Crippen LogP contribution < -0.4 is 0 Å². The van der Waals surface area contributed by atoms with Crippen LogP contribution in [-0.4, -0.2) is 43.6 Å². The Morgan fingerprint density at radius 3 is 2.38 bits per heavy atom. The second-order valence-electron chi connectivity index (χ2n) is 2.96. The molecule has 0 aromatic rings. The molecule has 0 unspecified atom stereocenters. The molecule has 26 heavy (non-hydrogen) atoms. The Morgan fingerprint density at radius 2 is 2.04 bits per heavy atom. The van der Waals surface area contributed by atoms with Gasteiger partial charge in [0, 0.05) is 0 Å². The Hall–Kier alpha value is -2.36. The number of hydrogen-bond donors (Lipinski definition) is 2. The van der Waals surface area contributed by atoms with Gasteiger partial charge in [-0.15, -0.1) is 5.26 Å². The van der Waals surface area contributed by atoms with E-state index in [1.165, 1.54) is 5.16 Å². The van der Waals surface area contributed by atoms with Crippen molar-refractivity contribution in [3.63, 3.8) is 0 Å². The van der Waals surface area contributed by atoms with E-state index in [2.05, 4.69) is 40.7 Å². The summed E-state index contributed by atoms with van der Waals surface area (Å²) in [7, 11) is -12.8. The van der Waals surface area contributed by atoms with Crippen LogP contribution in [0.15, 0.2) is 8.80 Å². The van der Waals surface area contributed by atoms with Gasteiger partial charge >= 0.3 is 20.8 Å². The summed E-state index contributed by atoms with van der Waals surface area (Å²) in [4.78, 5) is 36.8. The molecule has 17 nitrogen and oxygen atoms in total. The lowest BCUT2D eigenvalue weighted by Crippen LogP contribution is -2.35. The van der Waals surface area contributed by atoms with Crippen molar-refractivity contribution < 1.29 is 47.1 Å². The lowest BCUT2D eigenvalue weighted by atomic mass is 11.6. The zero-order chi connectivity index (χ0) is 20.5. The fraction of sp³-hybridized carbons (Fsp3) is 0. The molecule has 0 fully saturated rings. The summed E-state index contributed by atoms with van der Waals surface area (Å²) in [5, 5.41) is 38.4. The topological polar surface area (TPSA) is 247 Å². The van der Waals surface area contributed by atoms with E-state index in [4.69, 9.17) is 15.8 Å². The molecule has 0 spiro atoms. The normalized spacial score (nSPS) is 12.3. The molecule has 142 valence electrons. The van der Waals surface area contributed by atoms with E-state index in [9.17, 15) is 27.9 Å². The van der Waals surface area contributed by atoms with Crippen LogP contribution >= 0.6 is 31.4 Å². The van der Waals surface area contributed by atoms with Gasteiger partial charge in [0.2, 0.25) is 0 Å². The predicted molar refractivity (Wildman–Crippen MR) is 81.9 cm³/mol. The first kappa shape index (κ1) is 23.6. The van der Waals surface area contributed by atoms with Crippen molar-refractivity contribution in [1.82, 2.24) is 5.39 Å². The van der Waals surface area contributed by atoms with E-state index in [0.29, 0.717) is 6.08 Å². The second kappa shape index (κ2) is 9.37. The molecular weight excluding hydrogens is 448 g/mol. The number of hydrogen-bond acceptors (Lipinski definition) is 17. The van der Waals surface area contributed by atoms with Crippen molar-refractivity contribution in [3.8, 4) is 11.7 Å². The van der Waals surface area contributed by atoms with Crippen LogP contribution in [-0.2, 0) is 34.6 Å². The number of isocyanates is 1. The van der Waals surface area contributed by atoms with Crippen LogP contribution in [0.1, 0.15) is 0 Å². The molecule has 0 aliphatic rings. The van der Waals surface area contributed by atoms with Gasteiger partial charge in [0.1, 0.15) is 15.1 Å². The minimum absolute atomic E-state index is 0.594. The minimum Gasteiger partial charge on any atom is -0.280 e. The highest BCUT2D eigenvalue weighted by molar-refractivity contribution is 9.00.